The number of para-hydroxylation sites is 1. The average Bonchev–Trinajstić information content (AvgIpc) is 2.54. The highest BCUT2D eigenvalue weighted by atomic mass is 16.5. The van der Waals surface area contributed by atoms with Crippen molar-refractivity contribution in [3.05, 3.63) is 64.3 Å². The number of aromatic carboxylic acids is 1. The Morgan fingerprint density at radius 2 is 1.77 bits per heavy atom. The number of rotatable bonds is 3. The molecule has 0 fully saturated rings. The van der Waals surface area contributed by atoms with Crippen LogP contribution in [0.15, 0.2) is 57.7 Å². The van der Waals surface area contributed by atoms with Gasteiger partial charge in [0.25, 0.3) is 0 Å². The molecule has 0 saturated heterocycles. The molecular weight excluding hydrogens is 284 g/mol. The van der Waals surface area contributed by atoms with E-state index in [1.54, 1.807) is 48.5 Å². The normalized spacial score (nSPS) is 10.6. The molecule has 22 heavy (non-hydrogen) atoms. The summed E-state index contributed by atoms with van der Waals surface area (Å²) in [6.45, 7) is 0. The van der Waals surface area contributed by atoms with Gasteiger partial charge >= 0.3 is 5.97 Å². The molecule has 1 heterocycles. The van der Waals surface area contributed by atoms with E-state index >= 15 is 0 Å². The first-order valence-corrected chi connectivity index (χ1v) is 6.55. The summed E-state index contributed by atoms with van der Waals surface area (Å²) in [5.74, 6) is -0.645. The lowest BCUT2D eigenvalue weighted by molar-refractivity contribution is 0.0694. The third kappa shape index (κ3) is 2.22. The Morgan fingerprint density at radius 1 is 1.09 bits per heavy atom. The van der Waals surface area contributed by atoms with Gasteiger partial charge in [-0.25, -0.2) is 4.79 Å². The fraction of sp³-hybridized carbons (Fsp3) is 0.0588. The van der Waals surface area contributed by atoms with Gasteiger partial charge in [0.2, 0.25) is 5.43 Å². The molecule has 0 aliphatic carbocycles. The first-order chi connectivity index (χ1) is 10.6. The fourth-order valence-electron chi connectivity index (χ4n) is 2.28. The number of benzene rings is 2. The van der Waals surface area contributed by atoms with Crippen molar-refractivity contribution in [2.75, 3.05) is 7.11 Å². The predicted molar refractivity (Wildman–Crippen MR) is 81.4 cm³/mol. The standard InChI is InChI=1S/C17H12O5/c1-21-11-8-6-10(7-9-11)16-14(17(19)20)15(18)12-4-2-3-5-13(12)22-16/h2-9H,1H3,(H,19,20). The van der Waals surface area contributed by atoms with Crippen molar-refractivity contribution >= 4 is 16.9 Å². The largest absolute Gasteiger partial charge is 0.497 e. The van der Waals surface area contributed by atoms with Crippen LogP contribution in [0.2, 0.25) is 0 Å². The van der Waals surface area contributed by atoms with Gasteiger partial charge in [0.05, 0.1) is 12.5 Å². The van der Waals surface area contributed by atoms with E-state index in [1.807, 2.05) is 0 Å². The predicted octanol–water partition coefficient (Wildman–Crippen LogP) is 3.17. The molecule has 0 bridgehead atoms. The highest BCUT2D eigenvalue weighted by Crippen LogP contribution is 2.27. The SMILES string of the molecule is COc1ccc(-c2oc3ccccc3c(=O)c2C(=O)O)cc1. The van der Waals surface area contributed by atoms with Gasteiger partial charge in [0.1, 0.15) is 11.3 Å². The summed E-state index contributed by atoms with van der Waals surface area (Å²) in [7, 11) is 1.54. The number of ether oxygens (including phenoxy) is 1. The van der Waals surface area contributed by atoms with Crippen molar-refractivity contribution in [2.24, 2.45) is 0 Å². The van der Waals surface area contributed by atoms with Gasteiger partial charge in [-0.15, -0.1) is 0 Å². The van der Waals surface area contributed by atoms with Gasteiger partial charge in [0, 0.05) is 5.56 Å². The molecule has 0 amide bonds. The van der Waals surface area contributed by atoms with Crippen LogP contribution in [-0.2, 0) is 0 Å². The van der Waals surface area contributed by atoms with E-state index in [4.69, 9.17) is 9.15 Å². The first-order valence-electron chi connectivity index (χ1n) is 6.55. The van der Waals surface area contributed by atoms with Crippen molar-refractivity contribution in [3.63, 3.8) is 0 Å². The lowest BCUT2D eigenvalue weighted by Crippen LogP contribution is -2.16. The second-order valence-electron chi connectivity index (χ2n) is 4.67. The Hall–Kier alpha value is -3.08. The zero-order chi connectivity index (χ0) is 15.7. The maximum atomic E-state index is 12.4. The van der Waals surface area contributed by atoms with Crippen molar-refractivity contribution in [2.45, 2.75) is 0 Å². The molecule has 3 rings (SSSR count). The summed E-state index contributed by atoms with van der Waals surface area (Å²) in [5.41, 5.74) is -0.0755. The van der Waals surface area contributed by atoms with Crippen LogP contribution < -0.4 is 10.2 Å². The minimum Gasteiger partial charge on any atom is -0.497 e. The van der Waals surface area contributed by atoms with Crippen LogP contribution in [0.25, 0.3) is 22.3 Å². The van der Waals surface area contributed by atoms with E-state index in [0.717, 1.165) is 0 Å². The summed E-state index contributed by atoms with van der Waals surface area (Å²) in [5, 5.41) is 9.63. The first kappa shape index (κ1) is 13.9. The summed E-state index contributed by atoms with van der Waals surface area (Å²) < 4.78 is 10.7. The third-order valence-corrected chi connectivity index (χ3v) is 3.36. The van der Waals surface area contributed by atoms with Gasteiger partial charge in [-0.2, -0.15) is 0 Å². The fourth-order valence-corrected chi connectivity index (χ4v) is 2.28. The number of methoxy groups -OCH3 is 1. The minimum absolute atomic E-state index is 0.0406. The topological polar surface area (TPSA) is 76.7 Å². The Kier molecular flexibility index (Phi) is 3.39. The second-order valence-corrected chi connectivity index (χ2v) is 4.67. The molecule has 0 unspecified atom stereocenters. The number of fused-ring (bicyclic) bond motifs is 1. The minimum atomic E-state index is -1.31. The molecule has 2 aromatic carbocycles. The molecule has 0 atom stereocenters. The van der Waals surface area contributed by atoms with Crippen molar-refractivity contribution in [1.29, 1.82) is 0 Å². The van der Waals surface area contributed by atoms with E-state index < -0.39 is 11.4 Å². The average molecular weight is 296 g/mol. The molecule has 3 aromatic rings. The van der Waals surface area contributed by atoms with Crippen LogP contribution in [0.3, 0.4) is 0 Å². The zero-order valence-corrected chi connectivity index (χ0v) is 11.7. The van der Waals surface area contributed by atoms with Crippen LogP contribution in [-0.4, -0.2) is 18.2 Å². The van der Waals surface area contributed by atoms with E-state index in [-0.39, 0.29) is 16.7 Å². The quantitative estimate of drug-likeness (QED) is 0.803. The highest BCUT2D eigenvalue weighted by molar-refractivity contribution is 5.97. The molecule has 0 aliphatic heterocycles. The van der Waals surface area contributed by atoms with Crippen molar-refractivity contribution < 1.29 is 19.1 Å². The molecule has 110 valence electrons. The van der Waals surface area contributed by atoms with E-state index in [0.29, 0.717) is 16.9 Å². The number of carboxylic acid groups (broad SMARTS) is 1. The molecule has 0 aliphatic rings. The van der Waals surface area contributed by atoms with E-state index in [2.05, 4.69) is 0 Å². The third-order valence-electron chi connectivity index (χ3n) is 3.36. The number of hydrogen-bond donors (Lipinski definition) is 1. The summed E-state index contributed by atoms with van der Waals surface area (Å²) >= 11 is 0. The van der Waals surface area contributed by atoms with Gasteiger partial charge < -0.3 is 14.3 Å². The van der Waals surface area contributed by atoms with E-state index in [1.165, 1.54) is 7.11 Å². The lowest BCUT2D eigenvalue weighted by Gasteiger charge is -2.08. The van der Waals surface area contributed by atoms with Gasteiger partial charge in [-0.3, -0.25) is 4.79 Å². The molecule has 1 N–H and O–H groups in total. The second kappa shape index (κ2) is 5.37. The van der Waals surface area contributed by atoms with Crippen LogP contribution in [0, 0.1) is 0 Å². The van der Waals surface area contributed by atoms with Crippen LogP contribution in [0.5, 0.6) is 5.75 Å². The van der Waals surface area contributed by atoms with Gasteiger partial charge in [-0.05, 0) is 36.4 Å². The monoisotopic (exact) mass is 296 g/mol. The van der Waals surface area contributed by atoms with Gasteiger partial charge in [0.15, 0.2) is 11.3 Å². The molecule has 0 spiro atoms. The van der Waals surface area contributed by atoms with Crippen LogP contribution in [0.1, 0.15) is 10.4 Å². The number of carbonyl (C=O) groups is 1. The van der Waals surface area contributed by atoms with Gasteiger partial charge in [-0.1, -0.05) is 12.1 Å². The smallest absolute Gasteiger partial charge is 0.343 e. The Morgan fingerprint density at radius 3 is 2.41 bits per heavy atom. The number of hydrogen-bond acceptors (Lipinski definition) is 4. The summed E-state index contributed by atoms with van der Waals surface area (Å²) in [4.78, 5) is 23.9. The molecule has 5 heteroatoms. The van der Waals surface area contributed by atoms with Crippen LogP contribution >= 0.6 is 0 Å². The molecule has 0 saturated carbocycles. The van der Waals surface area contributed by atoms with Crippen molar-refractivity contribution in [1.82, 2.24) is 0 Å². The highest BCUT2D eigenvalue weighted by Gasteiger charge is 2.21. The number of carboxylic acids is 1. The van der Waals surface area contributed by atoms with E-state index in [9.17, 15) is 14.7 Å². The Balaban J connectivity index is 2.33. The molecule has 5 nitrogen and oxygen atoms in total. The Labute approximate surface area is 125 Å². The molecule has 0 radical (unpaired) electrons. The lowest BCUT2D eigenvalue weighted by atomic mass is 10.0. The summed E-state index contributed by atoms with van der Waals surface area (Å²) in [6, 6.07) is 13.2. The van der Waals surface area contributed by atoms with Crippen molar-refractivity contribution in [3.8, 4) is 17.1 Å². The molecule has 1 aromatic heterocycles. The summed E-state index contributed by atoms with van der Waals surface area (Å²) in [6.07, 6.45) is 0. The maximum absolute atomic E-state index is 12.4. The Bertz CT molecular complexity index is 906. The molecular formula is C17H12O5. The maximum Gasteiger partial charge on any atom is 0.343 e. The zero-order valence-electron chi connectivity index (χ0n) is 11.7. The van der Waals surface area contributed by atoms with Crippen LogP contribution in [0.4, 0.5) is 0 Å².